The lowest BCUT2D eigenvalue weighted by Gasteiger charge is -2.06. The summed E-state index contributed by atoms with van der Waals surface area (Å²) >= 11 is 0. The first-order valence-corrected chi connectivity index (χ1v) is 4.52. The number of alkyl halides is 2. The van der Waals surface area contributed by atoms with E-state index in [9.17, 15) is 23.7 Å². The van der Waals surface area contributed by atoms with Crippen molar-refractivity contribution in [1.82, 2.24) is 4.98 Å². The fraction of sp³-hybridized carbons (Fsp3) is 0.333. The number of hydrogen-bond donors (Lipinski definition) is 0. The van der Waals surface area contributed by atoms with Gasteiger partial charge in [-0.25, -0.2) is 13.6 Å². The molecule has 0 aliphatic carbocycles. The molecule has 1 rings (SSSR count). The Morgan fingerprint density at radius 1 is 1.50 bits per heavy atom. The number of halogens is 2. The second-order valence-electron chi connectivity index (χ2n) is 3.00. The van der Waals surface area contributed by atoms with Gasteiger partial charge in [-0.05, 0) is 9.91 Å². The van der Waals surface area contributed by atoms with Gasteiger partial charge in [0.25, 0.3) is 12.1 Å². The Balaban J connectivity index is 3.52. The summed E-state index contributed by atoms with van der Waals surface area (Å²) in [5, 5.41) is 10.6. The van der Waals surface area contributed by atoms with Gasteiger partial charge in [-0.2, -0.15) is 0 Å². The molecule has 98 valence electrons. The molecule has 0 aromatic carbocycles. The predicted molar refractivity (Wildman–Crippen MR) is 53.7 cm³/mol. The summed E-state index contributed by atoms with van der Waals surface area (Å²) in [6.07, 6.45) is -3.04. The Morgan fingerprint density at radius 2 is 2.11 bits per heavy atom. The van der Waals surface area contributed by atoms with Crippen molar-refractivity contribution >= 4 is 11.8 Å². The van der Waals surface area contributed by atoms with Crippen LogP contribution in [0.5, 0.6) is 5.75 Å². The quantitative estimate of drug-likeness (QED) is 0.466. The van der Waals surface area contributed by atoms with E-state index in [1.165, 1.54) is 0 Å². The highest BCUT2D eigenvalue weighted by Gasteiger charge is 2.31. The summed E-state index contributed by atoms with van der Waals surface area (Å²) in [5.74, 6) is -2.47. The van der Waals surface area contributed by atoms with Crippen molar-refractivity contribution < 1.29 is 28.0 Å². The molecule has 0 aliphatic heterocycles. The normalized spacial score (nSPS) is 10.3. The van der Waals surface area contributed by atoms with Gasteiger partial charge in [0.15, 0.2) is 0 Å². The topological polar surface area (TPSA) is 91.6 Å². The molecular weight excluding hydrogens is 254 g/mol. The van der Waals surface area contributed by atoms with Crippen LogP contribution in [0, 0.1) is 10.1 Å². The SMILES string of the molecule is COC(=O)c1nc([N+](=O)[O-])c(OC)cc1C(F)F. The van der Waals surface area contributed by atoms with Crippen molar-refractivity contribution in [1.29, 1.82) is 0 Å². The summed E-state index contributed by atoms with van der Waals surface area (Å²) in [6, 6.07) is 0.696. The number of carbonyl (C=O) groups excluding carboxylic acids is 1. The number of nitrogens with zero attached hydrogens (tertiary/aromatic N) is 2. The molecule has 0 fully saturated rings. The number of methoxy groups -OCH3 is 2. The predicted octanol–water partition coefficient (Wildman–Crippen LogP) is 1.72. The summed E-state index contributed by atoms with van der Waals surface area (Å²) in [7, 11) is 2.02. The van der Waals surface area contributed by atoms with E-state index in [0.717, 1.165) is 14.2 Å². The number of nitro groups is 1. The van der Waals surface area contributed by atoms with Crippen molar-refractivity contribution in [3.63, 3.8) is 0 Å². The molecule has 1 aromatic heterocycles. The van der Waals surface area contributed by atoms with Crippen LogP contribution in [0.15, 0.2) is 6.07 Å². The second kappa shape index (κ2) is 5.34. The Labute approximate surface area is 99.5 Å². The first-order valence-electron chi connectivity index (χ1n) is 4.52. The molecule has 0 aliphatic rings. The zero-order valence-corrected chi connectivity index (χ0v) is 9.35. The first-order chi connectivity index (χ1) is 8.42. The lowest BCUT2D eigenvalue weighted by Crippen LogP contribution is -2.11. The zero-order chi connectivity index (χ0) is 13.9. The molecule has 0 radical (unpaired) electrons. The molecule has 0 saturated heterocycles. The van der Waals surface area contributed by atoms with E-state index in [-0.39, 0.29) is 0 Å². The fourth-order valence-electron chi connectivity index (χ4n) is 1.21. The highest BCUT2D eigenvalue weighted by Crippen LogP contribution is 2.32. The van der Waals surface area contributed by atoms with Crippen molar-refractivity contribution in [2.45, 2.75) is 6.43 Å². The maximum atomic E-state index is 12.7. The molecule has 0 atom stereocenters. The lowest BCUT2D eigenvalue weighted by molar-refractivity contribution is -0.390. The number of aromatic nitrogens is 1. The van der Waals surface area contributed by atoms with E-state index >= 15 is 0 Å². The molecule has 0 unspecified atom stereocenters. The average Bonchev–Trinajstić information content (AvgIpc) is 2.35. The number of hydrogen-bond acceptors (Lipinski definition) is 6. The third-order valence-corrected chi connectivity index (χ3v) is 2.00. The molecule has 1 aromatic rings. The summed E-state index contributed by atoms with van der Waals surface area (Å²) in [5.41, 5.74) is -1.59. The van der Waals surface area contributed by atoms with E-state index in [0.29, 0.717) is 6.07 Å². The van der Waals surface area contributed by atoms with E-state index in [1.807, 2.05) is 0 Å². The number of esters is 1. The third kappa shape index (κ3) is 2.50. The Bertz CT molecular complexity index is 492. The maximum absolute atomic E-state index is 12.7. The van der Waals surface area contributed by atoms with Gasteiger partial charge in [0.2, 0.25) is 5.75 Å². The van der Waals surface area contributed by atoms with Gasteiger partial charge in [0, 0.05) is 6.07 Å². The standard InChI is InChI=1S/C9H8F2N2O5/c1-17-5-3-4(7(10)11)6(9(14)18-2)12-8(5)13(15)16/h3,7H,1-2H3. The second-order valence-corrected chi connectivity index (χ2v) is 3.00. The highest BCUT2D eigenvalue weighted by molar-refractivity contribution is 5.89. The van der Waals surface area contributed by atoms with Crippen LogP contribution >= 0.6 is 0 Å². The lowest BCUT2D eigenvalue weighted by atomic mass is 10.2. The summed E-state index contributed by atoms with van der Waals surface area (Å²) < 4.78 is 34.2. The van der Waals surface area contributed by atoms with E-state index < -0.39 is 40.1 Å². The largest absolute Gasteiger partial charge is 0.489 e. The van der Waals surface area contributed by atoms with E-state index in [4.69, 9.17) is 0 Å². The third-order valence-electron chi connectivity index (χ3n) is 2.00. The van der Waals surface area contributed by atoms with Gasteiger partial charge in [0.1, 0.15) is 0 Å². The monoisotopic (exact) mass is 262 g/mol. The van der Waals surface area contributed by atoms with Crippen molar-refractivity contribution in [2.24, 2.45) is 0 Å². The van der Waals surface area contributed by atoms with Crippen molar-refractivity contribution in [2.75, 3.05) is 14.2 Å². The van der Waals surface area contributed by atoms with Gasteiger partial charge in [-0.15, -0.1) is 0 Å². The van der Waals surface area contributed by atoms with Crippen LogP contribution < -0.4 is 4.74 Å². The van der Waals surface area contributed by atoms with E-state index in [2.05, 4.69) is 14.5 Å². The Kier molecular flexibility index (Phi) is 4.08. The Hall–Kier alpha value is -2.32. The van der Waals surface area contributed by atoms with Gasteiger partial charge < -0.3 is 19.6 Å². The molecule has 9 heteroatoms. The zero-order valence-electron chi connectivity index (χ0n) is 9.35. The molecule has 0 N–H and O–H groups in total. The molecule has 0 bridgehead atoms. The van der Waals surface area contributed by atoms with Gasteiger partial charge in [-0.3, -0.25) is 0 Å². The van der Waals surface area contributed by atoms with Gasteiger partial charge in [-0.1, -0.05) is 0 Å². The van der Waals surface area contributed by atoms with Gasteiger partial charge in [0.05, 0.1) is 19.8 Å². The minimum atomic E-state index is -3.04. The summed E-state index contributed by atoms with van der Waals surface area (Å²) in [6.45, 7) is 0. The molecule has 0 amide bonds. The minimum Gasteiger partial charge on any atom is -0.489 e. The molecular formula is C9H8F2N2O5. The van der Waals surface area contributed by atoms with Crippen LogP contribution in [-0.2, 0) is 4.74 Å². The van der Waals surface area contributed by atoms with E-state index in [1.54, 1.807) is 0 Å². The molecule has 18 heavy (non-hydrogen) atoms. The molecule has 7 nitrogen and oxygen atoms in total. The molecule has 0 saturated carbocycles. The van der Waals surface area contributed by atoms with Crippen LogP contribution in [0.25, 0.3) is 0 Å². The Morgan fingerprint density at radius 3 is 2.50 bits per heavy atom. The van der Waals surface area contributed by atoms with Crippen LogP contribution in [0.4, 0.5) is 14.6 Å². The minimum absolute atomic E-state index is 0.456. The maximum Gasteiger partial charge on any atom is 0.407 e. The number of carbonyl (C=O) groups is 1. The van der Waals surface area contributed by atoms with Crippen LogP contribution in [0.3, 0.4) is 0 Å². The first kappa shape index (κ1) is 13.7. The van der Waals surface area contributed by atoms with Crippen LogP contribution in [0.1, 0.15) is 22.5 Å². The smallest absolute Gasteiger partial charge is 0.407 e. The van der Waals surface area contributed by atoms with Crippen molar-refractivity contribution in [3.8, 4) is 5.75 Å². The number of pyridine rings is 1. The average molecular weight is 262 g/mol. The van der Waals surface area contributed by atoms with Crippen LogP contribution in [0.2, 0.25) is 0 Å². The highest BCUT2D eigenvalue weighted by atomic mass is 19.3. The van der Waals surface area contributed by atoms with Crippen LogP contribution in [-0.4, -0.2) is 30.1 Å². The molecule has 0 spiro atoms. The number of ether oxygens (including phenoxy) is 2. The summed E-state index contributed by atoms with van der Waals surface area (Å²) in [4.78, 5) is 24.2. The fourth-order valence-corrected chi connectivity index (χ4v) is 1.21. The van der Waals surface area contributed by atoms with Crippen molar-refractivity contribution in [3.05, 3.63) is 27.4 Å². The molecule has 1 heterocycles. The van der Waals surface area contributed by atoms with Gasteiger partial charge >= 0.3 is 11.8 Å². The number of rotatable bonds is 4.